The van der Waals surface area contributed by atoms with Crippen LogP contribution in [0.1, 0.15) is 33.1 Å². The quantitative estimate of drug-likeness (QED) is 0.491. The van der Waals surface area contributed by atoms with Crippen LogP contribution in [0.2, 0.25) is 0 Å². The van der Waals surface area contributed by atoms with Crippen molar-refractivity contribution in [2.75, 3.05) is 0 Å². The molecule has 0 aromatic rings. The van der Waals surface area contributed by atoms with Gasteiger partial charge in [0.05, 0.1) is 0 Å². The fourth-order valence-corrected chi connectivity index (χ4v) is 1.24. The molecule has 13 heavy (non-hydrogen) atoms. The second-order valence-corrected chi connectivity index (χ2v) is 2.97. The predicted octanol–water partition coefficient (Wildman–Crippen LogP) is -2.88. The van der Waals surface area contributed by atoms with Crippen LogP contribution in [0.25, 0.3) is 0 Å². The van der Waals surface area contributed by atoms with Gasteiger partial charge in [-0.2, -0.15) is 6.08 Å². The molecular weight excluding hydrogens is 282 g/mol. The number of allylic oxidation sites excluding steroid dienone is 4. The molecule has 0 saturated carbocycles. The largest absolute Gasteiger partial charge is 3.00 e. The summed E-state index contributed by atoms with van der Waals surface area (Å²) in [7, 11) is 0. The smallest absolute Gasteiger partial charge is 1.00 e. The maximum atomic E-state index is 3.32. The van der Waals surface area contributed by atoms with Crippen molar-refractivity contribution in [1.82, 2.24) is 0 Å². The Bertz CT molecular complexity index is 164. The summed E-state index contributed by atoms with van der Waals surface area (Å²) in [5, 5.41) is 0. The number of unbranched alkanes of at least 4 members (excludes halogenated alkanes) is 1. The van der Waals surface area contributed by atoms with E-state index in [4.69, 9.17) is 0 Å². The van der Waals surface area contributed by atoms with Gasteiger partial charge in [-0.1, -0.05) is 32.1 Å². The zero-order chi connectivity index (χ0) is 7.40. The minimum Gasteiger partial charge on any atom is -1.00 e. The van der Waals surface area contributed by atoms with Gasteiger partial charge in [0.15, 0.2) is 0 Å². The van der Waals surface area contributed by atoms with Gasteiger partial charge < -0.3 is 24.8 Å². The van der Waals surface area contributed by atoms with Crippen molar-refractivity contribution in [3.63, 3.8) is 0 Å². The Balaban J connectivity index is -0.000000333. The van der Waals surface area contributed by atoms with Crippen LogP contribution >= 0.6 is 0 Å². The molecular formula is C10H15Cl2Zr. The molecule has 73 valence electrons. The molecule has 1 aliphatic rings. The summed E-state index contributed by atoms with van der Waals surface area (Å²) in [5.41, 5.74) is 1.38. The summed E-state index contributed by atoms with van der Waals surface area (Å²) < 4.78 is 0. The van der Waals surface area contributed by atoms with E-state index in [1.165, 1.54) is 24.8 Å². The first kappa shape index (κ1) is 19.5. The number of halogens is 2. The van der Waals surface area contributed by atoms with Crippen LogP contribution in [0, 0.1) is 12.0 Å². The van der Waals surface area contributed by atoms with Crippen molar-refractivity contribution < 1.29 is 51.0 Å². The third kappa shape index (κ3) is 7.97. The van der Waals surface area contributed by atoms with Crippen LogP contribution in [0.4, 0.5) is 0 Å². The van der Waals surface area contributed by atoms with E-state index in [9.17, 15) is 0 Å². The standard InChI is InChI=1S/C10H15.2ClH.Zr/c1-3-4-5-10-7-6-9(2)8-10;;;/h6,8,10H,3-5H2,1-2H3;2*1H;/q-1;;;+3/p-2. The molecule has 0 amide bonds. The van der Waals surface area contributed by atoms with E-state index in [0.717, 1.165) is 0 Å². The second kappa shape index (κ2) is 11.0. The molecule has 0 nitrogen and oxygen atoms in total. The van der Waals surface area contributed by atoms with Crippen molar-refractivity contribution >= 4 is 0 Å². The number of hydrogen-bond acceptors (Lipinski definition) is 0. The average Bonchev–Trinajstić information content (AvgIpc) is 2.31. The van der Waals surface area contributed by atoms with Gasteiger partial charge >= 0.3 is 26.2 Å². The van der Waals surface area contributed by atoms with E-state index < -0.39 is 0 Å². The molecule has 0 N–H and O–H groups in total. The zero-order valence-electron chi connectivity index (χ0n) is 8.11. The van der Waals surface area contributed by atoms with Crippen LogP contribution in [-0.2, 0) is 26.2 Å². The Labute approximate surface area is 113 Å². The molecule has 0 heterocycles. The summed E-state index contributed by atoms with van der Waals surface area (Å²) in [5.74, 6) is 0.625. The first-order valence-electron chi connectivity index (χ1n) is 4.10. The Kier molecular flexibility index (Phi) is 16.5. The molecule has 1 radical (unpaired) electrons. The summed E-state index contributed by atoms with van der Waals surface area (Å²) in [6.45, 7) is 4.37. The SMILES string of the molecule is CCCCC1[C-]=CC(C)=C1.[Cl-].[Cl-].[Zr+3]. The summed E-state index contributed by atoms with van der Waals surface area (Å²) in [6.07, 6.45) is 11.6. The summed E-state index contributed by atoms with van der Waals surface area (Å²) in [6, 6.07) is 0. The molecule has 0 fully saturated rings. The van der Waals surface area contributed by atoms with Crippen LogP contribution in [0.5, 0.6) is 0 Å². The molecule has 0 saturated heterocycles. The van der Waals surface area contributed by atoms with Crippen molar-refractivity contribution in [3.05, 3.63) is 23.8 Å². The van der Waals surface area contributed by atoms with Crippen molar-refractivity contribution in [2.45, 2.75) is 33.1 Å². The minimum absolute atomic E-state index is 0. The van der Waals surface area contributed by atoms with Gasteiger partial charge in [-0.05, 0) is 0 Å². The van der Waals surface area contributed by atoms with E-state index in [1.807, 2.05) is 0 Å². The monoisotopic (exact) mass is 295 g/mol. The Morgan fingerprint density at radius 2 is 2.00 bits per heavy atom. The van der Waals surface area contributed by atoms with Crippen molar-refractivity contribution in [2.24, 2.45) is 5.92 Å². The molecule has 0 aromatic carbocycles. The van der Waals surface area contributed by atoms with Gasteiger partial charge in [-0.3, -0.25) is 6.08 Å². The van der Waals surface area contributed by atoms with Crippen LogP contribution in [0.3, 0.4) is 0 Å². The van der Waals surface area contributed by atoms with Gasteiger partial charge in [0.2, 0.25) is 0 Å². The fourth-order valence-electron chi connectivity index (χ4n) is 1.24. The number of rotatable bonds is 3. The molecule has 0 spiro atoms. The van der Waals surface area contributed by atoms with E-state index in [2.05, 4.69) is 32.1 Å². The molecule has 0 aromatic heterocycles. The molecule has 1 unspecified atom stereocenters. The van der Waals surface area contributed by atoms with E-state index >= 15 is 0 Å². The average molecular weight is 297 g/mol. The van der Waals surface area contributed by atoms with Gasteiger partial charge in [0, 0.05) is 0 Å². The maximum absolute atomic E-state index is 3.32. The molecule has 0 aliphatic heterocycles. The Morgan fingerprint density at radius 1 is 1.38 bits per heavy atom. The number of hydrogen-bond donors (Lipinski definition) is 0. The maximum Gasteiger partial charge on any atom is 3.00 e. The van der Waals surface area contributed by atoms with E-state index in [1.54, 1.807) is 0 Å². The molecule has 3 heteroatoms. The normalized spacial score (nSPS) is 18.0. The first-order chi connectivity index (χ1) is 4.83. The van der Waals surface area contributed by atoms with Crippen molar-refractivity contribution in [1.29, 1.82) is 0 Å². The van der Waals surface area contributed by atoms with Gasteiger partial charge in [-0.25, -0.2) is 11.6 Å². The Hall–Kier alpha value is 0.943. The van der Waals surface area contributed by atoms with Crippen LogP contribution in [-0.4, -0.2) is 0 Å². The molecule has 1 rings (SSSR count). The van der Waals surface area contributed by atoms with Crippen molar-refractivity contribution in [3.8, 4) is 0 Å². The third-order valence-electron chi connectivity index (χ3n) is 1.86. The minimum atomic E-state index is 0. The first-order valence-corrected chi connectivity index (χ1v) is 4.10. The van der Waals surface area contributed by atoms with E-state index in [0.29, 0.717) is 5.92 Å². The predicted molar refractivity (Wildman–Crippen MR) is 44.6 cm³/mol. The van der Waals surface area contributed by atoms with Gasteiger partial charge in [0.1, 0.15) is 0 Å². The fraction of sp³-hybridized carbons (Fsp3) is 0.600. The summed E-state index contributed by atoms with van der Waals surface area (Å²) >= 11 is 0. The van der Waals surface area contributed by atoms with Gasteiger partial charge in [0.25, 0.3) is 0 Å². The summed E-state index contributed by atoms with van der Waals surface area (Å²) in [4.78, 5) is 0. The third-order valence-corrected chi connectivity index (χ3v) is 1.86. The topological polar surface area (TPSA) is 0 Å². The zero-order valence-corrected chi connectivity index (χ0v) is 12.1. The van der Waals surface area contributed by atoms with E-state index in [-0.39, 0.29) is 51.0 Å². The Morgan fingerprint density at radius 3 is 2.38 bits per heavy atom. The molecule has 1 aliphatic carbocycles. The van der Waals surface area contributed by atoms with Crippen LogP contribution < -0.4 is 24.8 Å². The van der Waals surface area contributed by atoms with Gasteiger partial charge in [-0.15, -0.1) is 6.92 Å². The van der Waals surface area contributed by atoms with Crippen LogP contribution in [0.15, 0.2) is 17.7 Å². The molecule has 1 atom stereocenters. The molecule has 0 bridgehead atoms. The second-order valence-electron chi connectivity index (χ2n) is 2.97.